The van der Waals surface area contributed by atoms with Crippen molar-refractivity contribution in [2.45, 2.75) is 31.1 Å². The summed E-state index contributed by atoms with van der Waals surface area (Å²) in [5.41, 5.74) is 0. The summed E-state index contributed by atoms with van der Waals surface area (Å²) in [4.78, 5) is 4.22. The Bertz CT molecular complexity index is 498. The van der Waals surface area contributed by atoms with Crippen LogP contribution >= 0.6 is 0 Å². The van der Waals surface area contributed by atoms with Gasteiger partial charge < -0.3 is 14.6 Å². The SMILES string of the molecule is COCCCn1ccnc1NCC1CCCS1(=O)=O. The highest BCUT2D eigenvalue weighted by Gasteiger charge is 2.31. The molecule has 7 heteroatoms. The second-order valence-electron chi connectivity index (χ2n) is 4.80. The minimum Gasteiger partial charge on any atom is -0.385 e. The Balaban J connectivity index is 1.87. The lowest BCUT2D eigenvalue weighted by atomic mass is 10.2. The summed E-state index contributed by atoms with van der Waals surface area (Å²) in [6, 6.07) is 0. The molecule has 1 aliphatic heterocycles. The number of hydrogen-bond donors (Lipinski definition) is 1. The molecule has 108 valence electrons. The predicted octanol–water partition coefficient (Wildman–Crippen LogP) is 0.909. The number of anilines is 1. The van der Waals surface area contributed by atoms with Gasteiger partial charge in [0.15, 0.2) is 9.84 Å². The van der Waals surface area contributed by atoms with E-state index < -0.39 is 9.84 Å². The summed E-state index contributed by atoms with van der Waals surface area (Å²) in [7, 11) is -1.21. The van der Waals surface area contributed by atoms with Crippen LogP contribution in [0.1, 0.15) is 19.3 Å². The first-order valence-corrected chi connectivity index (χ1v) is 8.30. The summed E-state index contributed by atoms with van der Waals surface area (Å²) in [5.74, 6) is 1.06. The molecule has 0 spiro atoms. The van der Waals surface area contributed by atoms with E-state index in [1.165, 1.54) is 0 Å². The van der Waals surface area contributed by atoms with Crippen LogP contribution in [0.5, 0.6) is 0 Å². The van der Waals surface area contributed by atoms with E-state index in [0.717, 1.165) is 31.8 Å². The van der Waals surface area contributed by atoms with Gasteiger partial charge in [-0.2, -0.15) is 0 Å². The molecular weight excluding hydrogens is 266 g/mol. The molecule has 1 fully saturated rings. The molecular formula is C12H21N3O3S. The van der Waals surface area contributed by atoms with E-state index >= 15 is 0 Å². The Labute approximate surface area is 114 Å². The summed E-state index contributed by atoms with van der Waals surface area (Å²) in [6.07, 6.45) is 6.04. The van der Waals surface area contributed by atoms with Gasteiger partial charge in [0, 0.05) is 39.2 Å². The molecule has 2 rings (SSSR count). The van der Waals surface area contributed by atoms with Crippen LogP contribution < -0.4 is 5.32 Å². The van der Waals surface area contributed by atoms with Gasteiger partial charge in [-0.25, -0.2) is 13.4 Å². The van der Waals surface area contributed by atoms with E-state index in [0.29, 0.717) is 18.9 Å². The monoisotopic (exact) mass is 287 g/mol. The molecule has 0 aromatic carbocycles. The zero-order valence-corrected chi connectivity index (χ0v) is 12.0. The van der Waals surface area contributed by atoms with E-state index in [-0.39, 0.29) is 5.25 Å². The molecule has 0 bridgehead atoms. The van der Waals surface area contributed by atoms with Crippen molar-refractivity contribution in [1.82, 2.24) is 9.55 Å². The molecule has 1 unspecified atom stereocenters. The summed E-state index contributed by atoms with van der Waals surface area (Å²) in [5, 5.41) is 2.88. The number of nitrogens with zero attached hydrogens (tertiary/aromatic N) is 2. The molecule has 0 aliphatic carbocycles. The average Bonchev–Trinajstić information content (AvgIpc) is 2.93. The van der Waals surface area contributed by atoms with Crippen LogP contribution in [0.4, 0.5) is 5.95 Å². The van der Waals surface area contributed by atoms with Gasteiger partial charge in [-0.05, 0) is 19.3 Å². The third kappa shape index (κ3) is 3.70. The first-order chi connectivity index (χ1) is 9.13. The van der Waals surface area contributed by atoms with Crippen molar-refractivity contribution >= 4 is 15.8 Å². The highest BCUT2D eigenvalue weighted by atomic mass is 32.2. The van der Waals surface area contributed by atoms with Crippen LogP contribution in [0.15, 0.2) is 12.4 Å². The number of methoxy groups -OCH3 is 1. The lowest BCUT2D eigenvalue weighted by Crippen LogP contribution is -2.26. The summed E-state index contributed by atoms with van der Waals surface area (Å²) < 4.78 is 30.5. The third-order valence-corrected chi connectivity index (χ3v) is 5.69. The van der Waals surface area contributed by atoms with Gasteiger partial charge in [0.1, 0.15) is 0 Å². The molecule has 0 radical (unpaired) electrons. The predicted molar refractivity (Wildman–Crippen MR) is 74.0 cm³/mol. The van der Waals surface area contributed by atoms with Crippen molar-refractivity contribution in [3.05, 3.63) is 12.4 Å². The summed E-state index contributed by atoms with van der Waals surface area (Å²) in [6.45, 7) is 1.96. The van der Waals surface area contributed by atoms with Gasteiger partial charge in [-0.15, -0.1) is 0 Å². The van der Waals surface area contributed by atoms with Gasteiger partial charge in [0.2, 0.25) is 5.95 Å². The smallest absolute Gasteiger partial charge is 0.202 e. The number of sulfone groups is 1. The molecule has 1 aliphatic rings. The lowest BCUT2D eigenvalue weighted by molar-refractivity contribution is 0.190. The maximum absolute atomic E-state index is 11.7. The number of aromatic nitrogens is 2. The minimum absolute atomic E-state index is 0.267. The molecule has 6 nitrogen and oxygen atoms in total. The second-order valence-corrected chi connectivity index (χ2v) is 7.20. The normalized spacial score (nSPS) is 21.6. The van der Waals surface area contributed by atoms with Crippen molar-refractivity contribution in [3.8, 4) is 0 Å². The number of rotatable bonds is 7. The van der Waals surface area contributed by atoms with Gasteiger partial charge in [0.25, 0.3) is 0 Å². The standard InChI is InChI=1S/C12H21N3O3S/c1-18-8-3-6-15-7-5-13-12(15)14-10-11-4-2-9-19(11,16)17/h5,7,11H,2-4,6,8-10H2,1H3,(H,13,14). The van der Waals surface area contributed by atoms with Crippen molar-refractivity contribution in [3.63, 3.8) is 0 Å². The minimum atomic E-state index is -2.89. The fourth-order valence-corrected chi connectivity index (χ4v) is 4.09. The van der Waals surface area contributed by atoms with Gasteiger partial charge in [0.05, 0.1) is 11.0 Å². The number of ether oxygens (including phenoxy) is 1. The summed E-state index contributed by atoms with van der Waals surface area (Å²) >= 11 is 0. The van der Waals surface area contributed by atoms with Crippen molar-refractivity contribution in [2.24, 2.45) is 0 Å². The van der Waals surface area contributed by atoms with Crippen molar-refractivity contribution in [2.75, 3.05) is 31.3 Å². The lowest BCUT2D eigenvalue weighted by Gasteiger charge is -2.13. The quantitative estimate of drug-likeness (QED) is 0.755. The number of imidazole rings is 1. The molecule has 1 aromatic rings. The van der Waals surface area contributed by atoms with Crippen LogP contribution in [-0.4, -0.2) is 49.2 Å². The highest BCUT2D eigenvalue weighted by molar-refractivity contribution is 7.92. The molecule has 1 saturated heterocycles. The zero-order chi connectivity index (χ0) is 13.7. The number of aryl methyl sites for hydroxylation is 1. The molecule has 0 amide bonds. The van der Waals surface area contributed by atoms with Crippen LogP contribution in [0.3, 0.4) is 0 Å². The van der Waals surface area contributed by atoms with Gasteiger partial charge in [-0.3, -0.25) is 0 Å². The van der Waals surface area contributed by atoms with Crippen LogP contribution in [0, 0.1) is 0 Å². The average molecular weight is 287 g/mol. The Hall–Kier alpha value is -1.08. The van der Waals surface area contributed by atoms with Crippen molar-refractivity contribution in [1.29, 1.82) is 0 Å². The highest BCUT2D eigenvalue weighted by Crippen LogP contribution is 2.20. The largest absolute Gasteiger partial charge is 0.385 e. The van der Waals surface area contributed by atoms with Crippen LogP contribution in [0.2, 0.25) is 0 Å². The van der Waals surface area contributed by atoms with Gasteiger partial charge in [-0.1, -0.05) is 0 Å². The van der Waals surface area contributed by atoms with E-state index in [1.54, 1.807) is 13.3 Å². The Morgan fingerprint density at radius 3 is 3.11 bits per heavy atom. The molecule has 1 atom stereocenters. The van der Waals surface area contributed by atoms with Crippen LogP contribution in [0.25, 0.3) is 0 Å². The maximum atomic E-state index is 11.7. The third-order valence-electron chi connectivity index (χ3n) is 3.41. The van der Waals surface area contributed by atoms with E-state index in [9.17, 15) is 8.42 Å². The van der Waals surface area contributed by atoms with E-state index in [4.69, 9.17) is 4.74 Å². The second kappa shape index (κ2) is 6.38. The Morgan fingerprint density at radius 2 is 2.42 bits per heavy atom. The number of nitrogens with one attached hydrogen (secondary N) is 1. The fourth-order valence-electron chi connectivity index (χ4n) is 2.33. The zero-order valence-electron chi connectivity index (χ0n) is 11.2. The molecule has 1 N–H and O–H groups in total. The van der Waals surface area contributed by atoms with Gasteiger partial charge >= 0.3 is 0 Å². The molecule has 19 heavy (non-hydrogen) atoms. The van der Waals surface area contributed by atoms with Crippen molar-refractivity contribution < 1.29 is 13.2 Å². The van der Waals surface area contributed by atoms with E-state index in [2.05, 4.69) is 10.3 Å². The topological polar surface area (TPSA) is 73.2 Å². The molecule has 1 aromatic heterocycles. The first-order valence-electron chi connectivity index (χ1n) is 6.59. The molecule has 0 saturated carbocycles. The number of hydrogen-bond acceptors (Lipinski definition) is 5. The van der Waals surface area contributed by atoms with Crippen LogP contribution in [-0.2, 0) is 21.1 Å². The van der Waals surface area contributed by atoms with E-state index in [1.807, 2.05) is 10.8 Å². The Kier molecular flexibility index (Phi) is 4.81. The Morgan fingerprint density at radius 1 is 1.58 bits per heavy atom. The fraction of sp³-hybridized carbons (Fsp3) is 0.750. The molecule has 2 heterocycles. The maximum Gasteiger partial charge on any atom is 0.202 e. The first kappa shape index (κ1) is 14.3.